The van der Waals surface area contributed by atoms with E-state index < -0.39 is 0 Å². The summed E-state index contributed by atoms with van der Waals surface area (Å²) >= 11 is 0. The topological polar surface area (TPSA) is 32.3 Å². The second-order valence-corrected chi connectivity index (χ2v) is 5.68. The van der Waals surface area contributed by atoms with Gasteiger partial charge >= 0.3 is 0 Å². The average Bonchev–Trinajstić information content (AvgIpc) is 3.11. The maximum Gasteiger partial charge on any atom is 0.0448 e. The van der Waals surface area contributed by atoms with Crippen LogP contribution in [0.1, 0.15) is 50.2 Å². The molecule has 0 heterocycles. The minimum atomic E-state index is 0.00537. The Balaban J connectivity index is 1.98. The fourth-order valence-electron chi connectivity index (χ4n) is 2.19. The largest absolute Gasteiger partial charge is 0.396 e. The van der Waals surface area contributed by atoms with E-state index in [0.717, 1.165) is 18.9 Å². The first kappa shape index (κ1) is 12.6. The van der Waals surface area contributed by atoms with Crippen molar-refractivity contribution in [1.29, 1.82) is 0 Å². The van der Waals surface area contributed by atoms with Gasteiger partial charge in [0.1, 0.15) is 0 Å². The van der Waals surface area contributed by atoms with Gasteiger partial charge in [-0.25, -0.2) is 0 Å². The SMILES string of the molecule is CC(C)(CCO)NCc1ccccc1C1CC1. The van der Waals surface area contributed by atoms with Gasteiger partial charge in [0.25, 0.3) is 0 Å². The molecule has 1 aliphatic carbocycles. The van der Waals surface area contributed by atoms with Crippen LogP contribution in [-0.4, -0.2) is 17.3 Å². The van der Waals surface area contributed by atoms with Gasteiger partial charge in [-0.1, -0.05) is 24.3 Å². The van der Waals surface area contributed by atoms with Crippen molar-refractivity contribution in [2.45, 2.75) is 51.1 Å². The normalized spacial score (nSPS) is 16.2. The number of aliphatic hydroxyl groups excluding tert-OH is 1. The fraction of sp³-hybridized carbons (Fsp3) is 0.600. The van der Waals surface area contributed by atoms with Crippen LogP contribution < -0.4 is 5.32 Å². The molecule has 0 amide bonds. The molecule has 0 saturated heterocycles. The van der Waals surface area contributed by atoms with Gasteiger partial charge in [-0.15, -0.1) is 0 Å². The number of hydrogen-bond donors (Lipinski definition) is 2. The molecule has 0 bridgehead atoms. The number of rotatable bonds is 6. The molecule has 94 valence electrons. The van der Waals surface area contributed by atoms with Crippen molar-refractivity contribution in [3.63, 3.8) is 0 Å². The lowest BCUT2D eigenvalue weighted by atomic mass is 9.98. The molecule has 1 aliphatic rings. The van der Waals surface area contributed by atoms with Gasteiger partial charge in [-0.05, 0) is 50.2 Å². The molecule has 1 saturated carbocycles. The Morgan fingerprint density at radius 1 is 1.29 bits per heavy atom. The summed E-state index contributed by atoms with van der Waals surface area (Å²) in [5, 5.41) is 12.6. The van der Waals surface area contributed by atoms with E-state index in [1.54, 1.807) is 0 Å². The third-order valence-electron chi connectivity index (χ3n) is 3.57. The molecule has 0 radical (unpaired) electrons. The molecule has 0 unspecified atom stereocenters. The van der Waals surface area contributed by atoms with Crippen LogP contribution in [0.4, 0.5) is 0 Å². The first-order chi connectivity index (χ1) is 8.12. The summed E-state index contributed by atoms with van der Waals surface area (Å²) < 4.78 is 0. The molecule has 1 aromatic rings. The highest BCUT2D eigenvalue weighted by Gasteiger charge is 2.26. The summed E-state index contributed by atoms with van der Waals surface area (Å²) in [4.78, 5) is 0. The van der Waals surface area contributed by atoms with Crippen molar-refractivity contribution < 1.29 is 5.11 Å². The first-order valence-corrected chi connectivity index (χ1v) is 6.56. The number of benzene rings is 1. The smallest absolute Gasteiger partial charge is 0.0448 e. The summed E-state index contributed by atoms with van der Waals surface area (Å²) in [7, 11) is 0. The molecule has 0 atom stereocenters. The van der Waals surface area contributed by atoms with E-state index in [2.05, 4.69) is 43.4 Å². The summed E-state index contributed by atoms with van der Waals surface area (Å²) in [6, 6.07) is 8.72. The van der Waals surface area contributed by atoms with Gasteiger partial charge in [-0.3, -0.25) is 0 Å². The highest BCUT2D eigenvalue weighted by Crippen LogP contribution is 2.41. The highest BCUT2D eigenvalue weighted by atomic mass is 16.3. The molecule has 2 nitrogen and oxygen atoms in total. The minimum Gasteiger partial charge on any atom is -0.396 e. The fourth-order valence-corrected chi connectivity index (χ4v) is 2.19. The van der Waals surface area contributed by atoms with Gasteiger partial charge in [-0.2, -0.15) is 0 Å². The molecular formula is C15H23NO. The molecule has 2 N–H and O–H groups in total. The Bertz CT molecular complexity index is 369. The maximum absolute atomic E-state index is 9.01. The maximum atomic E-state index is 9.01. The highest BCUT2D eigenvalue weighted by molar-refractivity contribution is 5.33. The second-order valence-electron chi connectivity index (χ2n) is 5.68. The third-order valence-corrected chi connectivity index (χ3v) is 3.57. The number of nitrogens with one attached hydrogen (secondary N) is 1. The first-order valence-electron chi connectivity index (χ1n) is 6.56. The molecule has 17 heavy (non-hydrogen) atoms. The van der Waals surface area contributed by atoms with E-state index in [1.807, 2.05) is 0 Å². The molecule has 0 aromatic heterocycles. The Kier molecular flexibility index (Phi) is 3.85. The van der Waals surface area contributed by atoms with Crippen molar-refractivity contribution in [1.82, 2.24) is 5.32 Å². The summed E-state index contributed by atoms with van der Waals surface area (Å²) in [5.41, 5.74) is 2.94. The van der Waals surface area contributed by atoms with Gasteiger partial charge in [0.05, 0.1) is 0 Å². The predicted octanol–water partition coefficient (Wildman–Crippen LogP) is 2.81. The van der Waals surface area contributed by atoms with Crippen LogP contribution in [0.15, 0.2) is 24.3 Å². The Morgan fingerprint density at radius 2 is 2.00 bits per heavy atom. The van der Waals surface area contributed by atoms with Crippen molar-refractivity contribution in [2.75, 3.05) is 6.61 Å². The Hall–Kier alpha value is -0.860. The summed E-state index contributed by atoms with van der Waals surface area (Å²) in [6.45, 7) is 5.43. The zero-order valence-electron chi connectivity index (χ0n) is 10.9. The molecular weight excluding hydrogens is 210 g/mol. The monoisotopic (exact) mass is 233 g/mol. The third kappa shape index (κ3) is 3.55. The van der Waals surface area contributed by atoms with Crippen molar-refractivity contribution in [3.8, 4) is 0 Å². The van der Waals surface area contributed by atoms with Crippen LogP contribution in [0.2, 0.25) is 0 Å². The standard InChI is InChI=1S/C15H23NO/c1-15(2,9-10-17)16-11-13-5-3-4-6-14(13)12-7-8-12/h3-6,12,16-17H,7-11H2,1-2H3. The van der Waals surface area contributed by atoms with Crippen molar-refractivity contribution in [2.24, 2.45) is 0 Å². The van der Waals surface area contributed by atoms with Crippen LogP contribution in [0, 0.1) is 0 Å². The van der Waals surface area contributed by atoms with E-state index in [1.165, 1.54) is 24.0 Å². The van der Waals surface area contributed by atoms with Crippen LogP contribution in [0.25, 0.3) is 0 Å². The van der Waals surface area contributed by atoms with Gasteiger partial charge in [0, 0.05) is 18.7 Å². The molecule has 0 spiro atoms. The molecule has 1 fully saturated rings. The zero-order valence-corrected chi connectivity index (χ0v) is 10.9. The van der Waals surface area contributed by atoms with Gasteiger partial charge in [0.15, 0.2) is 0 Å². The Labute approximate surface area is 104 Å². The van der Waals surface area contributed by atoms with E-state index >= 15 is 0 Å². The molecule has 2 heteroatoms. The van der Waals surface area contributed by atoms with Crippen LogP contribution in [0.5, 0.6) is 0 Å². The molecule has 0 aliphatic heterocycles. The second kappa shape index (κ2) is 5.19. The lowest BCUT2D eigenvalue weighted by molar-refractivity contribution is 0.230. The van der Waals surface area contributed by atoms with Crippen molar-refractivity contribution in [3.05, 3.63) is 35.4 Å². The quantitative estimate of drug-likeness (QED) is 0.792. The zero-order chi connectivity index (χ0) is 12.3. The van der Waals surface area contributed by atoms with Gasteiger partial charge < -0.3 is 10.4 Å². The molecule has 2 rings (SSSR count). The lowest BCUT2D eigenvalue weighted by Crippen LogP contribution is -2.39. The average molecular weight is 233 g/mol. The van der Waals surface area contributed by atoms with Crippen LogP contribution >= 0.6 is 0 Å². The van der Waals surface area contributed by atoms with E-state index in [9.17, 15) is 0 Å². The summed E-state index contributed by atoms with van der Waals surface area (Å²) in [6.07, 6.45) is 3.48. The summed E-state index contributed by atoms with van der Waals surface area (Å²) in [5.74, 6) is 0.800. The van der Waals surface area contributed by atoms with E-state index in [-0.39, 0.29) is 12.1 Å². The van der Waals surface area contributed by atoms with Gasteiger partial charge in [0.2, 0.25) is 0 Å². The Morgan fingerprint density at radius 3 is 2.65 bits per heavy atom. The van der Waals surface area contributed by atoms with E-state index in [0.29, 0.717) is 0 Å². The van der Waals surface area contributed by atoms with Crippen LogP contribution in [0.3, 0.4) is 0 Å². The number of hydrogen-bond acceptors (Lipinski definition) is 2. The molecule has 1 aromatic carbocycles. The van der Waals surface area contributed by atoms with Crippen LogP contribution in [-0.2, 0) is 6.54 Å². The van der Waals surface area contributed by atoms with Crippen molar-refractivity contribution >= 4 is 0 Å². The lowest BCUT2D eigenvalue weighted by Gasteiger charge is -2.26. The minimum absolute atomic E-state index is 0.00537. The number of aliphatic hydroxyl groups is 1. The van der Waals surface area contributed by atoms with E-state index in [4.69, 9.17) is 5.11 Å². The predicted molar refractivity (Wildman–Crippen MR) is 71.0 cm³/mol.